The van der Waals surface area contributed by atoms with Crippen LogP contribution in [0.4, 0.5) is 5.95 Å². The van der Waals surface area contributed by atoms with Crippen molar-refractivity contribution in [1.82, 2.24) is 19.9 Å². The molecule has 7 nitrogen and oxygen atoms in total. The molecular formula is C14H21N5O2S. The molecule has 0 amide bonds. The second-order valence-corrected chi connectivity index (χ2v) is 6.05. The van der Waals surface area contributed by atoms with Crippen LogP contribution < -0.4 is 10.4 Å². The first-order chi connectivity index (χ1) is 10.6. The van der Waals surface area contributed by atoms with Crippen molar-refractivity contribution in [3.63, 3.8) is 0 Å². The Kier molecular flexibility index (Phi) is 5.88. The molecule has 0 aromatic carbocycles. The molecule has 0 atom stereocenters. The van der Waals surface area contributed by atoms with Crippen molar-refractivity contribution in [3.8, 4) is 0 Å². The molecule has 2 heterocycles. The summed E-state index contributed by atoms with van der Waals surface area (Å²) in [6, 6.07) is 0. The van der Waals surface area contributed by atoms with Crippen LogP contribution in [-0.2, 0) is 0 Å². The van der Waals surface area contributed by atoms with E-state index in [-0.39, 0.29) is 16.4 Å². The molecule has 0 spiro atoms. The van der Waals surface area contributed by atoms with E-state index in [0.29, 0.717) is 10.3 Å². The summed E-state index contributed by atoms with van der Waals surface area (Å²) in [7, 11) is 0. The largest absolute Gasteiger partial charge is 0.362 e. The maximum Gasteiger partial charge on any atom is 0.306 e. The Morgan fingerprint density at radius 2 is 1.86 bits per heavy atom. The Bertz CT molecular complexity index is 738. The van der Waals surface area contributed by atoms with Crippen LogP contribution in [0.3, 0.4) is 0 Å². The first kappa shape index (κ1) is 16.4. The van der Waals surface area contributed by atoms with Gasteiger partial charge in [-0.3, -0.25) is 19.6 Å². The lowest BCUT2D eigenvalue weighted by Gasteiger charge is -2.18. The molecule has 8 heteroatoms. The van der Waals surface area contributed by atoms with Gasteiger partial charge in [-0.2, -0.15) is 4.98 Å². The predicted octanol–water partition coefficient (Wildman–Crippen LogP) is 2.23. The molecule has 0 bridgehead atoms. The van der Waals surface area contributed by atoms with E-state index >= 15 is 0 Å². The third-order valence-electron chi connectivity index (χ3n) is 3.22. The fourth-order valence-corrected chi connectivity index (χ4v) is 2.66. The average Bonchev–Trinajstić information content (AvgIpc) is 2.87. The molecule has 2 aromatic rings. The third kappa shape index (κ3) is 4.27. The van der Waals surface area contributed by atoms with Gasteiger partial charge in [0.05, 0.1) is 6.34 Å². The quantitative estimate of drug-likeness (QED) is 0.575. The molecule has 2 aromatic heterocycles. The third-order valence-corrected chi connectivity index (χ3v) is 4.09. The zero-order valence-corrected chi connectivity index (χ0v) is 13.7. The van der Waals surface area contributed by atoms with Crippen LogP contribution in [0, 0.1) is 0 Å². The number of unbranched alkanes of at least 4 members (excludes halogenated alkanes) is 2. The van der Waals surface area contributed by atoms with Gasteiger partial charge in [-0.15, -0.1) is 0 Å². The molecule has 0 saturated carbocycles. The number of thiazole rings is 1. The van der Waals surface area contributed by atoms with Crippen LogP contribution in [0.25, 0.3) is 10.3 Å². The van der Waals surface area contributed by atoms with Gasteiger partial charge in [0.15, 0.2) is 5.65 Å². The molecule has 0 saturated heterocycles. The first-order valence-electron chi connectivity index (χ1n) is 7.55. The van der Waals surface area contributed by atoms with Crippen LogP contribution in [0.1, 0.15) is 39.5 Å². The van der Waals surface area contributed by atoms with E-state index in [4.69, 9.17) is 0 Å². The standard InChI is InChI=1S/C14H21N5O2S/c1-3-5-7-19(8-6-4-2)9-15-13-16-11-10(12(20)18-13)22-14(21)17-11/h9H,3-8H2,1-2H3,(H2,16,17,18,20,21). The fourth-order valence-electron chi connectivity index (χ4n) is 1.99. The van der Waals surface area contributed by atoms with Crippen molar-refractivity contribution < 1.29 is 0 Å². The molecule has 0 radical (unpaired) electrons. The van der Waals surface area contributed by atoms with E-state index in [2.05, 4.69) is 38.7 Å². The van der Waals surface area contributed by atoms with Crippen molar-refractivity contribution in [3.05, 3.63) is 20.0 Å². The van der Waals surface area contributed by atoms with E-state index in [1.165, 1.54) is 0 Å². The summed E-state index contributed by atoms with van der Waals surface area (Å²) in [5, 5.41) is 0. The summed E-state index contributed by atoms with van der Waals surface area (Å²) >= 11 is 0.854. The summed E-state index contributed by atoms with van der Waals surface area (Å²) in [4.78, 5) is 38.5. The lowest BCUT2D eigenvalue weighted by atomic mass is 10.3. The number of hydrogen-bond donors (Lipinski definition) is 2. The van der Waals surface area contributed by atoms with Crippen LogP contribution in [0.15, 0.2) is 14.6 Å². The van der Waals surface area contributed by atoms with Gasteiger partial charge >= 0.3 is 4.87 Å². The summed E-state index contributed by atoms with van der Waals surface area (Å²) in [5.74, 6) is 0.213. The molecule has 0 aliphatic heterocycles. The van der Waals surface area contributed by atoms with Gasteiger partial charge in [0.1, 0.15) is 4.70 Å². The normalized spacial score (nSPS) is 11.5. The summed E-state index contributed by atoms with van der Waals surface area (Å²) in [5.41, 5.74) is -0.0475. The van der Waals surface area contributed by atoms with Gasteiger partial charge < -0.3 is 4.90 Å². The Morgan fingerprint density at radius 1 is 1.18 bits per heavy atom. The van der Waals surface area contributed by atoms with Crippen LogP contribution in [0.5, 0.6) is 0 Å². The monoisotopic (exact) mass is 323 g/mol. The van der Waals surface area contributed by atoms with Crippen molar-refractivity contribution >= 4 is 34.0 Å². The molecule has 0 aliphatic rings. The van der Waals surface area contributed by atoms with Crippen molar-refractivity contribution in [2.75, 3.05) is 13.1 Å². The second kappa shape index (κ2) is 7.88. The van der Waals surface area contributed by atoms with E-state index in [1.807, 2.05) is 0 Å². The van der Waals surface area contributed by atoms with Gasteiger partial charge in [-0.05, 0) is 12.8 Å². The number of aromatic nitrogens is 3. The highest BCUT2D eigenvalue weighted by Crippen LogP contribution is 2.09. The topological polar surface area (TPSA) is 94.2 Å². The lowest BCUT2D eigenvalue weighted by molar-refractivity contribution is 0.409. The molecule has 22 heavy (non-hydrogen) atoms. The number of nitrogens with one attached hydrogen (secondary N) is 2. The van der Waals surface area contributed by atoms with Gasteiger partial charge in [0, 0.05) is 13.1 Å². The number of nitrogens with zero attached hydrogens (tertiary/aromatic N) is 3. The maximum atomic E-state index is 11.9. The number of hydrogen-bond acceptors (Lipinski definition) is 5. The zero-order valence-electron chi connectivity index (χ0n) is 12.9. The highest BCUT2D eigenvalue weighted by Gasteiger charge is 2.07. The van der Waals surface area contributed by atoms with Gasteiger partial charge in [0.2, 0.25) is 5.95 Å². The summed E-state index contributed by atoms with van der Waals surface area (Å²) < 4.78 is 0.303. The molecule has 0 fully saturated rings. The van der Waals surface area contributed by atoms with Crippen LogP contribution in [0.2, 0.25) is 0 Å². The number of fused-ring (bicyclic) bond motifs is 1. The van der Waals surface area contributed by atoms with E-state index in [1.54, 1.807) is 6.34 Å². The molecular weight excluding hydrogens is 302 g/mol. The minimum Gasteiger partial charge on any atom is -0.362 e. The molecule has 2 N–H and O–H groups in total. The number of aromatic amines is 2. The minimum absolute atomic E-state index is 0.213. The maximum absolute atomic E-state index is 11.9. The van der Waals surface area contributed by atoms with Crippen LogP contribution in [-0.4, -0.2) is 39.3 Å². The highest BCUT2D eigenvalue weighted by molar-refractivity contribution is 7.16. The Morgan fingerprint density at radius 3 is 2.50 bits per heavy atom. The SMILES string of the molecule is CCCCN(C=Nc1nc2[nH]c(=O)sc2c(=O)[nH]1)CCCC. The average molecular weight is 323 g/mol. The smallest absolute Gasteiger partial charge is 0.306 e. The van der Waals surface area contributed by atoms with Crippen molar-refractivity contribution in [2.45, 2.75) is 39.5 Å². The van der Waals surface area contributed by atoms with Gasteiger partial charge in [-0.25, -0.2) is 4.99 Å². The predicted molar refractivity (Wildman–Crippen MR) is 90.4 cm³/mol. The zero-order chi connectivity index (χ0) is 15.9. The van der Waals surface area contributed by atoms with E-state index < -0.39 is 0 Å². The number of rotatable bonds is 8. The van der Waals surface area contributed by atoms with Gasteiger partial charge in [0.25, 0.3) is 5.56 Å². The highest BCUT2D eigenvalue weighted by atomic mass is 32.1. The van der Waals surface area contributed by atoms with Crippen LogP contribution >= 0.6 is 11.3 Å². The lowest BCUT2D eigenvalue weighted by Crippen LogP contribution is -2.24. The van der Waals surface area contributed by atoms with E-state index in [0.717, 1.165) is 50.1 Å². The molecule has 120 valence electrons. The van der Waals surface area contributed by atoms with E-state index in [9.17, 15) is 9.59 Å². The van der Waals surface area contributed by atoms with Gasteiger partial charge in [-0.1, -0.05) is 38.0 Å². The molecule has 0 aliphatic carbocycles. The van der Waals surface area contributed by atoms with Crippen molar-refractivity contribution in [2.24, 2.45) is 4.99 Å². The number of aliphatic imine (C=N–C) groups is 1. The van der Waals surface area contributed by atoms with Crippen molar-refractivity contribution in [1.29, 1.82) is 0 Å². The minimum atomic E-state index is -0.339. The fraction of sp³-hybridized carbons (Fsp3) is 0.571. The summed E-state index contributed by atoms with van der Waals surface area (Å²) in [6.07, 6.45) is 6.15. The molecule has 0 unspecified atom stereocenters. The summed E-state index contributed by atoms with van der Waals surface area (Å²) in [6.45, 7) is 6.16. The Labute approximate surface area is 132 Å². The second-order valence-electron chi connectivity index (χ2n) is 5.07. The Hall–Kier alpha value is -1.96. The molecule has 2 rings (SSSR count). The Balaban J connectivity index is 2.19. The number of H-pyrrole nitrogens is 2. The first-order valence-corrected chi connectivity index (χ1v) is 8.37.